The van der Waals surface area contributed by atoms with Crippen molar-refractivity contribution in [1.29, 1.82) is 0 Å². The van der Waals surface area contributed by atoms with E-state index in [1.54, 1.807) is 11.3 Å². The van der Waals surface area contributed by atoms with Gasteiger partial charge in [-0.3, -0.25) is 9.69 Å². The van der Waals surface area contributed by atoms with E-state index in [4.69, 9.17) is 0 Å². The number of amides is 1. The zero-order valence-electron chi connectivity index (χ0n) is 14.8. The predicted octanol–water partition coefficient (Wildman–Crippen LogP) is 2.40. The van der Waals surface area contributed by atoms with Gasteiger partial charge in [0, 0.05) is 32.2 Å². The van der Waals surface area contributed by atoms with Crippen LogP contribution >= 0.6 is 23.7 Å². The predicted molar refractivity (Wildman–Crippen MR) is 102 cm³/mol. The second kappa shape index (κ2) is 8.18. The fraction of sp³-hybridized carbons (Fsp3) is 0.824. The molecule has 3 aliphatic rings. The Morgan fingerprint density at radius 1 is 1.20 bits per heavy atom. The SMILES string of the molecule is Cc1nnc(N[C@H]2CN(CC(=O)N3CCCCC3)C[C@@H]2C2CC2)s1.Cl. The van der Waals surface area contributed by atoms with Gasteiger partial charge in [-0.25, -0.2) is 0 Å². The molecule has 2 aliphatic heterocycles. The summed E-state index contributed by atoms with van der Waals surface area (Å²) in [6, 6.07) is 0.402. The third-order valence-corrected chi connectivity index (χ3v) is 6.34. The maximum absolute atomic E-state index is 12.6. The standard InChI is InChI=1S/C17H27N5OS.ClH/c1-12-19-20-17(24-12)18-15-10-21(9-14(15)13-5-6-13)11-16(23)22-7-3-2-4-8-22;/h13-15H,2-11H2,1H3,(H,18,20);1H/t14-,15+;/m1./s1. The minimum atomic E-state index is 0. The van der Waals surface area contributed by atoms with E-state index in [9.17, 15) is 4.79 Å². The molecule has 1 amide bonds. The van der Waals surface area contributed by atoms with Gasteiger partial charge in [-0.05, 0) is 50.9 Å². The Morgan fingerprint density at radius 2 is 1.96 bits per heavy atom. The normalized spacial score (nSPS) is 27.2. The molecule has 0 aromatic carbocycles. The minimum absolute atomic E-state index is 0. The number of rotatable bonds is 5. The van der Waals surface area contributed by atoms with E-state index >= 15 is 0 Å². The summed E-state index contributed by atoms with van der Waals surface area (Å²) in [6.07, 6.45) is 6.27. The number of hydrogen-bond donors (Lipinski definition) is 1. The summed E-state index contributed by atoms with van der Waals surface area (Å²) in [5.74, 6) is 1.78. The zero-order valence-corrected chi connectivity index (χ0v) is 16.4. The van der Waals surface area contributed by atoms with E-state index < -0.39 is 0 Å². The molecule has 3 fully saturated rings. The van der Waals surface area contributed by atoms with Crippen LogP contribution in [0.1, 0.15) is 37.1 Å². The number of carbonyl (C=O) groups excluding carboxylic acids is 1. The van der Waals surface area contributed by atoms with Gasteiger partial charge in [-0.15, -0.1) is 22.6 Å². The van der Waals surface area contributed by atoms with Crippen molar-refractivity contribution in [2.24, 2.45) is 11.8 Å². The Labute approximate surface area is 159 Å². The number of nitrogens with zero attached hydrogens (tertiary/aromatic N) is 4. The number of piperidine rings is 1. The highest BCUT2D eigenvalue weighted by Gasteiger charge is 2.43. The second-order valence-corrected chi connectivity index (χ2v) is 8.70. The number of nitrogens with one attached hydrogen (secondary N) is 1. The van der Waals surface area contributed by atoms with E-state index in [2.05, 4.69) is 25.3 Å². The topological polar surface area (TPSA) is 61.4 Å². The quantitative estimate of drug-likeness (QED) is 0.843. The smallest absolute Gasteiger partial charge is 0.236 e. The molecule has 2 atom stereocenters. The fourth-order valence-electron chi connectivity index (χ4n) is 4.15. The lowest BCUT2D eigenvalue weighted by Gasteiger charge is -2.28. The highest BCUT2D eigenvalue weighted by Crippen LogP contribution is 2.42. The van der Waals surface area contributed by atoms with Crippen molar-refractivity contribution in [3.63, 3.8) is 0 Å². The molecule has 3 heterocycles. The summed E-state index contributed by atoms with van der Waals surface area (Å²) in [5.41, 5.74) is 0. The van der Waals surface area contributed by atoms with Crippen LogP contribution in [0.15, 0.2) is 0 Å². The van der Waals surface area contributed by atoms with E-state index in [1.807, 2.05) is 6.92 Å². The molecule has 0 radical (unpaired) electrons. The number of anilines is 1. The lowest BCUT2D eigenvalue weighted by Crippen LogP contribution is -2.42. The third-order valence-electron chi connectivity index (χ3n) is 5.57. The number of aryl methyl sites for hydroxylation is 1. The van der Waals surface area contributed by atoms with Crippen molar-refractivity contribution >= 4 is 34.8 Å². The van der Waals surface area contributed by atoms with Gasteiger partial charge in [-0.2, -0.15) is 0 Å². The fourth-order valence-corrected chi connectivity index (χ4v) is 4.80. The molecule has 1 aromatic rings. The van der Waals surface area contributed by atoms with E-state index in [0.717, 1.165) is 55.1 Å². The van der Waals surface area contributed by atoms with E-state index in [-0.39, 0.29) is 12.4 Å². The summed E-state index contributed by atoms with van der Waals surface area (Å²) in [5, 5.41) is 13.8. The molecule has 0 unspecified atom stereocenters. The van der Waals surface area contributed by atoms with Crippen LogP contribution in [0.25, 0.3) is 0 Å². The van der Waals surface area contributed by atoms with Gasteiger partial charge in [0.2, 0.25) is 11.0 Å². The monoisotopic (exact) mass is 385 g/mol. The molecular formula is C17H28ClN5OS. The highest BCUT2D eigenvalue weighted by molar-refractivity contribution is 7.15. The Morgan fingerprint density at radius 3 is 2.60 bits per heavy atom. The third kappa shape index (κ3) is 4.63. The van der Waals surface area contributed by atoms with E-state index in [0.29, 0.717) is 24.4 Å². The summed E-state index contributed by atoms with van der Waals surface area (Å²) in [4.78, 5) is 17.0. The number of hydrogen-bond acceptors (Lipinski definition) is 6. The van der Waals surface area contributed by atoms with Crippen LogP contribution in [0.4, 0.5) is 5.13 Å². The lowest BCUT2D eigenvalue weighted by atomic mass is 9.98. The molecule has 25 heavy (non-hydrogen) atoms. The number of aromatic nitrogens is 2. The van der Waals surface area contributed by atoms with Gasteiger partial charge in [-0.1, -0.05) is 11.3 Å². The van der Waals surface area contributed by atoms with Gasteiger partial charge < -0.3 is 10.2 Å². The van der Waals surface area contributed by atoms with Crippen LogP contribution in [0.3, 0.4) is 0 Å². The molecule has 8 heteroatoms. The maximum atomic E-state index is 12.6. The number of likely N-dealkylation sites (tertiary alicyclic amines) is 2. The molecule has 0 bridgehead atoms. The number of carbonyl (C=O) groups is 1. The number of halogens is 1. The van der Waals surface area contributed by atoms with Crippen molar-refractivity contribution < 1.29 is 4.79 Å². The molecule has 1 aliphatic carbocycles. The molecule has 2 saturated heterocycles. The van der Waals surface area contributed by atoms with Crippen LogP contribution < -0.4 is 5.32 Å². The summed E-state index contributed by atoms with van der Waals surface area (Å²) in [7, 11) is 0. The zero-order chi connectivity index (χ0) is 16.5. The summed E-state index contributed by atoms with van der Waals surface area (Å²) in [6.45, 7) is 6.45. The molecule has 6 nitrogen and oxygen atoms in total. The van der Waals surface area contributed by atoms with Crippen molar-refractivity contribution in [2.45, 2.75) is 45.1 Å². The average molecular weight is 386 g/mol. The van der Waals surface area contributed by atoms with Crippen LogP contribution in [-0.2, 0) is 4.79 Å². The first kappa shape index (κ1) is 18.9. The van der Waals surface area contributed by atoms with Gasteiger partial charge in [0.05, 0.1) is 6.54 Å². The minimum Gasteiger partial charge on any atom is -0.356 e. The first-order valence-electron chi connectivity index (χ1n) is 9.26. The highest BCUT2D eigenvalue weighted by atomic mass is 35.5. The Balaban J connectivity index is 0.00000182. The first-order chi connectivity index (χ1) is 11.7. The Bertz CT molecular complexity index is 587. The second-order valence-electron chi connectivity index (χ2n) is 7.51. The van der Waals surface area contributed by atoms with Crippen molar-refractivity contribution in [3.8, 4) is 0 Å². The first-order valence-corrected chi connectivity index (χ1v) is 10.1. The molecule has 1 saturated carbocycles. The van der Waals surface area contributed by atoms with Gasteiger partial charge in [0.15, 0.2) is 0 Å². The van der Waals surface area contributed by atoms with Crippen LogP contribution in [-0.4, -0.2) is 64.7 Å². The Kier molecular flexibility index (Phi) is 6.17. The Hall–Kier alpha value is -0.920. The molecular weight excluding hydrogens is 358 g/mol. The molecule has 140 valence electrons. The van der Waals surface area contributed by atoms with Crippen LogP contribution in [0.5, 0.6) is 0 Å². The molecule has 1 N–H and O–H groups in total. The van der Waals surface area contributed by atoms with Gasteiger partial charge in [0.25, 0.3) is 0 Å². The van der Waals surface area contributed by atoms with Crippen molar-refractivity contribution in [3.05, 3.63) is 5.01 Å². The largest absolute Gasteiger partial charge is 0.356 e. The van der Waals surface area contributed by atoms with Crippen LogP contribution in [0, 0.1) is 18.8 Å². The molecule has 1 aromatic heterocycles. The van der Waals surface area contributed by atoms with Gasteiger partial charge >= 0.3 is 0 Å². The molecule has 0 spiro atoms. The van der Waals surface area contributed by atoms with Gasteiger partial charge in [0.1, 0.15) is 5.01 Å². The van der Waals surface area contributed by atoms with Crippen molar-refractivity contribution in [1.82, 2.24) is 20.0 Å². The van der Waals surface area contributed by atoms with Crippen LogP contribution in [0.2, 0.25) is 0 Å². The average Bonchev–Trinajstić information content (AvgIpc) is 3.24. The maximum Gasteiger partial charge on any atom is 0.236 e. The summed E-state index contributed by atoms with van der Waals surface area (Å²) < 4.78 is 0. The van der Waals surface area contributed by atoms with E-state index in [1.165, 1.54) is 19.3 Å². The molecule has 4 rings (SSSR count). The summed E-state index contributed by atoms with van der Waals surface area (Å²) >= 11 is 1.62. The van der Waals surface area contributed by atoms with Crippen molar-refractivity contribution in [2.75, 3.05) is 38.0 Å². The lowest BCUT2D eigenvalue weighted by molar-refractivity contribution is -0.133.